The highest BCUT2D eigenvalue weighted by atomic mass is 32.2. The van der Waals surface area contributed by atoms with Gasteiger partial charge in [-0.15, -0.1) is 0 Å². The molecule has 0 heterocycles. The molecule has 1 amide bonds. The molecule has 1 aromatic rings. The van der Waals surface area contributed by atoms with E-state index in [4.69, 9.17) is 4.74 Å². The van der Waals surface area contributed by atoms with E-state index in [0.717, 1.165) is 0 Å². The number of carbonyl (C=O) groups is 1. The zero-order valence-corrected chi connectivity index (χ0v) is 12.4. The van der Waals surface area contributed by atoms with E-state index >= 15 is 0 Å². The van der Waals surface area contributed by atoms with Crippen molar-refractivity contribution in [2.45, 2.75) is 31.0 Å². The quantitative estimate of drug-likeness (QED) is 0.831. The molecule has 10 heteroatoms. The van der Waals surface area contributed by atoms with Gasteiger partial charge >= 0.3 is 6.18 Å². The van der Waals surface area contributed by atoms with Crippen LogP contribution in [0.2, 0.25) is 0 Å². The van der Waals surface area contributed by atoms with Crippen LogP contribution >= 0.6 is 0 Å². The standard InChI is InChI=1S/C12H13F4NO4S/c1-3-21-7(2)11(18)17-22(19,20)8-4-5-10(13)9(6-8)12(14,15)16/h4-7H,3H2,1-2H3,(H,17,18). The summed E-state index contributed by atoms with van der Waals surface area (Å²) in [6.45, 7) is 3.00. The highest BCUT2D eigenvalue weighted by Gasteiger charge is 2.35. The zero-order chi connectivity index (χ0) is 17.1. The Hall–Kier alpha value is -1.68. The Balaban J connectivity index is 3.12. The number of ether oxygens (including phenoxy) is 1. The van der Waals surface area contributed by atoms with E-state index in [0.29, 0.717) is 12.1 Å². The Morgan fingerprint density at radius 3 is 2.45 bits per heavy atom. The molecule has 5 nitrogen and oxygen atoms in total. The average molecular weight is 343 g/mol. The minimum Gasteiger partial charge on any atom is -0.369 e. The summed E-state index contributed by atoms with van der Waals surface area (Å²) in [5, 5.41) is 0. The summed E-state index contributed by atoms with van der Waals surface area (Å²) in [5.74, 6) is -2.65. The van der Waals surface area contributed by atoms with Crippen LogP contribution in [0.3, 0.4) is 0 Å². The molecule has 0 saturated heterocycles. The second kappa shape index (κ2) is 6.61. The molecule has 0 aliphatic rings. The van der Waals surface area contributed by atoms with Crippen molar-refractivity contribution in [3.05, 3.63) is 29.6 Å². The van der Waals surface area contributed by atoms with Gasteiger partial charge in [-0.25, -0.2) is 17.5 Å². The highest BCUT2D eigenvalue weighted by Crippen LogP contribution is 2.32. The Kier molecular flexibility index (Phi) is 5.52. The van der Waals surface area contributed by atoms with Gasteiger partial charge < -0.3 is 4.74 Å². The molecule has 0 aromatic heterocycles. The van der Waals surface area contributed by atoms with Gasteiger partial charge in [0.1, 0.15) is 11.9 Å². The first kappa shape index (κ1) is 18.4. The van der Waals surface area contributed by atoms with Gasteiger partial charge in [0.25, 0.3) is 15.9 Å². The Morgan fingerprint density at radius 2 is 1.95 bits per heavy atom. The maximum Gasteiger partial charge on any atom is 0.419 e. The predicted octanol–water partition coefficient (Wildman–Crippen LogP) is 2.07. The summed E-state index contributed by atoms with van der Waals surface area (Å²) in [4.78, 5) is 10.7. The van der Waals surface area contributed by atoms with Crippen LogP contribution in [0.1, 0.15) is 19.4 Å². The van der Waals surface area contributed by atoms with E-state index in [1.165, 1.54) is 6.92 Å². The molecule has 0 spiro atoms. The van der Waals surface area contributed by atoms with E-state index in [1.54, 1.807) is 11.6 Å². The van der Waals surface area contributed by atoms with Crippen LogP contribution in [0.15, 0.2) is 23.1 Å². The summed E-state index contributed by atoms with van der Waals surface area (Å²) in [6.07, 6.45) is -6.17. The number of rotatable bonds is 5. The van der Waals surface area contributed by atoms with Crippen molar-refractivity contribution in [2.75, 3.05) is 6.61 Å². The number of carbonyl (C=O) groups excluding carboxylic acids is 1. The van der Waals surface area contributed by atoms with Crippen LogP contribution in [0, 0.1) is 5.82 Å². The van der Waals surface area contributed by atoms with Gasteiger partial charge in [0.15, 0.2) is 0 Å². The first-order valence-electron chi connectivity index (χ1n) is 6.04. The molecule has 0 aliphatic heterocycles. The molecule has 1 aromatic carbocycles. The second-order valence-electron chi connectivity index (χ2n) is 4.21. The molecule has 0 saturated carbocycles. The summed E-state index contributed by atoms with van der Waals surface area (Å²) < 4.78 is 81.0. The molecule has 0 aliphatic carbocycles. The molecule has 0 fully saturated rings. The molecule has 0 bridgehead atoms. The van der Waals surface area contributed by atoms with Crippen molar-refractivity contribution >= 4 is 15.9 Å². The van der Waals surface area contributed by atoms with Crippen LogP contribution in [0.5, 0.6) is 0 Å². The predicted molar refractivity (Wildman–Crippen MR) is 67.8 cm³/mol. The lowest BCUT2D eigenvalue weighted by atomic mass is 10.2. The van der Waals surface area contributed by atoms with Crippen LogP contribution in [-0.4, -0.2) is 27.0 Å². The van der Waals surface area contributed by atoms with Gasteiger partial charge in [0.05, 0.1) is 10.5 Å². The van der Waals surface area contributed by atoms with Crippen molar-refractivity contribution in [1.82, 2.24) is 4.72 Å². The number of amides is 1. The van der Waals surface area contributed by atoms with Crippen molar-refractivity contribution in [3.63, 3.8) is 0 Å². The molecule has 124 valence electrons. The molecule has 0 radical (unpaired) electrons. The van der Waals surface area contributed by atoms with Gasteiger partial charge in [0, 0.05) is 6.61 Å². The SMILES string of the molecule is CCOC(C)C(=O)NS(=O)(=O)c1ccc(F)c(C(F)(F)F)c1. The van der Waals surface area contributed by atoms with Crippen LogP contribution in [-0.2, 0) is 25.7 Å². The third-order valence-corrected chi connectivity index (χ3v) is 3.92. The van der Waals surface area contributed by atoms with Gasteiger partial charge in [-0.2, -0.15) is 13.2 Å². The summed E-state index contributed by atoms with van der Waals surface area (Å²) in [6, 6.07) is 1.12. The first-order valence-corrected chi connectivity index (χ1v) is 7.52. The van der Waals surface area contributed by atoms with E-state index in [2.05, 4.69) is 0 Å². The molecule has 22 heavy (non-hydrogen) atoms. The normalized spacial score (nSPS) is 13.7. The van der Waals surface area contributed by atoms with Gasteiger partial charge in [-0.3, -0.25) is 4.79 Å². The van der Waals surface area contributed by atoms with E-state index in [9.17, 15) is 30.8 Å². The fourth-order valence-corrected chi connectivity index (χ4v) is 2.56. The molecule has 1 unspecified atom stereocenters. The van der Waals surface area contributed by atoms with E-state index < -0.39 is 44.5 Å². The molecule has 1 N–H and O–H groups in total. The summed E-state index contributed by atoms with van der Waals surface area (Å²) in [5.41, 5.74) is -1.74. The third kappa shape index (κ3) is 4.41. The molecule has 1 rings (SSSR count). The third-order valence-electron chi connectivity index (χ3n) is 2.57. The lowest BCUT2D eigenvalue weighted by Gasteiger charge is -2.14. The van der Waals surface area contributed by atoms with Crippen LogP contribution < -0.4 is 4.72 Å². The van der Waals surface area contributed by atoms with Crippen LogP contribution in [0.25, 0.3) is 0 Å². The van der Waals surface area contributed by atoms with Crippen molar-refractivity contribution < 1.29 is 35.5 Å². The summed E-state index contributed by atoms with van der Waals surface area (Å²) >= 11 is 0. The van der Waals surface area contributed by atoms with E-state index in [-0.39, 0.29) is 12.7 Å². The van der Waals surface area contributed by atoms with Gasteiger partial charge in [-0.1, -0.05) is 0 Å². The Labute approximate surface area is 124 Å². The number of hydrogen-bond donors (Lipinski definition) is 1. The fraction of sp³-hybridized carbons (Fsp3) is 0.417. The lowest BCUT2D eigenvalue weighted by Crippen LogP contribution is -2.38. The maximum absolute atomic E-state index is 13.1. The van der Waals surface area contributed by atoms with Crippen LogP contribution in [0.4, 0.5) is 17.6 Å². The number of hydrogen-bond acceptors (Lipinski definition) is 4. The molecule has 1 atom stereocenters. The second-order valence-corrected chi connectivity index (χ2v) is 5.89. The maximum atomic E-state index is 13.1. The average Bonchev–Trinajstić information content (AvgIpc) is 2.37. The number of benzene rings is 1. The molecular formula is C12H13F4NO4S. The number of halogens is 4. The Bertz CT molecular complexity index is 658. The topological polar surface area (TPSA) is 72.5 Å². The number of sulfonamides is 1. The number of nitrogens with one attached hydrogen (secondary N) is 1. The van der Waals surface area contributed by atoms with Gasteiger partial charge in [-0.05, 0) is 32.0 Å². The van der Waals surface area contributed by atoms with Crippen molar-refractivity contribution in [1.29, 1.82) is 0 Å². The van der Waals surface area contributed by atoms with Crippen molar-refractivity contribution in [2.24, 2.45) is 0 Å². The monoisotopic (exact) mass is 343 g/mol. The Morgan fingerprint density at radius 1 is 1.36 bits per heavy atom. The minimum atomic E-state index is -5.06. The smallest absolute Gasteiger partial charge is 0.369 e. The highest BCUT2D eigenvalue weighted by molar-refractivity contribution is 7.90. The van der Waals surface area contributed by atoms with Crippen molar-refractivity contribution in [3.8, 4) is 0 Å². The minimum absolute atomic E-state index is 0.121. The summed E-state index contributed by atoms with van der Waals surface area (Å²) in [7, 11) is -4.57. The molecular weight excluding hydrogens is 330 g/mol. The first-order chi connectivity index (χ1) is 9.99. The largest absolute Gasteiger partial charge is 0.419 e. The zero-order valence-electron chi connectivity index (χ0n) is 11.6. The van der Waals surface area contributed by atoms with E-state index in [1.807, 2.05) is 0 Å². The number of alkyl halides is 3. The fourth-order valence-electron chi connectivity index (χ4n) is 1.49. The van der Waals surface area contributed by atoms with Gasteiger partial charge in [0.2, 0.25) is 0 Å². The lowest BCUT2D eigenvalue weighted by molar-refractivity contribution is -0.140.